The first-order valence-electron chi connectivity index (χ1n) is 1.82. The van der Waals surface area contributed by atoms with Gasteiger partial charge < -0.3 is 0 Å². The lowest BCUT2D eigenvalue weighted by Crippen LogP contribution is -1.16. The van der Waals surface area contributed by atoms with Crippen LogP contribution in [0.1, 0.15) is 52.0 Å². The van der Waals surface area contributed by atoms with Crippen molar-refractivity contribution in [2.45, 2.75) is 52.0 Å². The molecule has 19 heavy (non-hydrogen) atoms. The van der Waals surface area contributed by atoms with Gasteiger partial charge in [0.1, 0.15) is 0 Å². The zero-order chi connectivity index (χ0) is 10.8. The van der Waals surface area contributed by atoms with Gasteiger partial charge in [-0.05, 0) is 0 Å². The highest BCUT2D eigenvalue weighted by atomic mass is 16.1. The number of hydrogen-bond acceptors (Lipinski definition) is 8. The summed E-state index contributed by atoms with van der Waals surface area (Å²) in [5.74, 6) is 0. The molecule has 0 aromatic rings. The lowest BCUT2D eigenvalue weighted by molar-refractivity contribution is 0.562. The van der Waals surface area contributed by atoms with Crippen molar-refractivity contribution in [2.24, 2.45) is 0 Å². The van der Waals surface area contributed by atoms with Gasteiger partial charge in [-0.2, -0.15) is 0 Å². The van der Waals surface area contributed by atoms with Crippen LogP contribution in [0.3, 0.4) is 0 Å². The summed E-state index contributed by atoms with van der Waals surface area (Å²) < 4.78 is 0. The molecule has 0 aliphatic heterocycles. The van der Waals surface area contributed by atoms with Crippen LogP contribution in [0, 0.1) is 21.6 Å². The molecule has 4 N–H and O–H groups in total. The Morgan fingerprint density at radius 3 is 0.368 bits per heavy atom. The molecule has 0 spiro atoms. The summed E-state index contributed by atoms with van der Waals surface area (Å²) in [6.07, 6.45) is 3.00. The van der Waals surface area contributed by atoms with E-state index in [1.54, 1.807) is 0 Å². The summed E-state index contributed by atoms with van der Waals surface area (Å²) in [5.41, 5.74) is 0. The number of hydrogen-bond donors (Lipinski definition) is 4. The minimum absolute atomic E-state index is 0. The van der Waals surface area contributed by atoms with Gasteiger partial charge in [0.15, 0.2) is 0 Å². The molecule has 0 bridgehead atoms. The van der Waals surface area contributed by atoms with Gasteiger partial charge in [-0.1, -0.05) is 52.0 Å². The van der Waals surface area contributed by atoms with Crippen molar-refractivity contribution in [3.8, 4) is 0 Å². The third-order valence-corrected chi connectivity index (χ3v) is 0. The van der Waals surface area contributed by atoms with Crippen molar-refractivity contribution in [2.75, 3.05) is 0 Å². The van der Waals surface area contributed by atoms with E-state index in [1.807, 2.05) is 0 Å². The fourth-order valence-corrected chi connectivity index (χ4v) is 0. The molecule has 0 aliphatic carbocycles. The predicted octanol–water partition coefficient (Wildman–Crippen LogP) is 4.06. The Morgan fingerprint density at radius 1 is 0.368 bits per heavy atom. The van der Waals surface area contributed by atoms with Crippen molar-refractivity contribution >= 4 is 24.3 Å². The van der Waals surface area contributed by atoms with Gasteiger partial charge in [-0.15, -0.1) is 0 Å². The summed E-state index contributed by atoms with van der Waals surface area (Å²) in [4.78, 5) is 33.4. The summed E-state index contributed by atoms with van der Waals surface area (Å²) in [5, 5.41) is 21.6. The third-order valence-electron chi connectivity index (χ3n) is 0. The second-order valence-electron chi connectivity index (χ2n) is 0.408. The smallest absolute Gasteiger partial charge is 0.222 e. The predicted molar refractivity (Wildman–Crippen MR) is 80.8 cm³/mol. The normalized spacial score (nSPS) is 1.68. The highest BCUT2D eigenvalue weighted by Gasteiger charge is 1.04. The SMILES string of the molecule is C.C.C.C.C.C.C.N=C=O.N=C=O.N=C=O.N=C=O. The molecule has 120 valence electrons. The average molecular weight is 284 g/mol. The molecular weight excluding hydrogens is 252 g/mol. The van der Waals surface area contributed by atoms with Gasteiger partial charge in [-0.25, -0.2) is 40.8 Å². The molecule has 0 fully saturated rings. The molecule has 8 nitrogen and oxygen atoms in total. The minimum Gasteiger partial charge on any atom is -0.222 e. The van der Waals surface area contributed by atoms with Gasteiger partial charge in [0, 0.05) is 0 Å². The maximum atomic E-state index is 8.35. The summed E-state index contributed by atoms with van der Waals surface area (Å²) in [6, 6.07) is 0. The van der Waals surface area contributed by atoms with Crippen molar-refractivity contribution in [1.82, 2.24) is 0 Å². The number of carbonyl (C=O) groups excluding carboxylic acids is 4. The van der Waals surface area contributed by atoms with E-state index < -0.39 is 0 Å². The van der Waals surface area contributed by atoms with Crippen LogP contribution in [0.25, 0.3) is 0 Å². The van der Waals surface area contributed by atoms with E-state index >= 15 is 0 Å². The molecule has 8 heteroatoms. The summed E-state index contributed by atoms with van der Waals surface area (Å²) in [7, 11) is 0. The van der Waals surface area contributed by atoms with Crippen molar-refractivity contribution in [3.05, 3.63) is 0 Å². The summed E-state index contributed by atoms with van der Waals surface area (Å²) >= 11 is 0. The van der Waals surface area contributed by atoms with Crippen LogP contribution in [0.15, 0.2) is 0 Å². The number of rotatable bonds is 0. The van der Waals surface area contributed by atoms with E-state index in [4.69, 9.17) is 40.8 Å². The number of isocyanates is 4. The Balaban J connectivity index is -0.00000000444. The van der Waals surface area contributed by atoms with Gasteiger partial charge in [0.25, 0.3) is 0 Å². The van der Waals surface area contributed by atoms with E-state index in [1.165, 1.54) is 0 Å². The van der Waals surface area contributed by atoms with Gasteiger partial charge in [0.05, 0.1) is 0 Å². The van der Waals surface area contributed by atoms with Crippen molar-refractivity contribution in [1.29, 1.82) is 21.6 Å². The van der Waals surface area contributed by atoms with Crippen molar-refractivity contribution < 1.29 is 19.2 Å². The van der Waals surface area contributed by atoms with E-state index in [0.717, 1.165) is 24.3 Å². The molecule has 0 saturated heterocycles. The Morgan fingerprint density at radius 2 is 0.368 bits per heavy atom. The van der Waals surface area contributed by atoms with Gasteiger partial charge >= 0.3 is 0 Å². The molecule has 0 radical (unpaired) electrons. The molecule has 0 aromatic carbocycles. The topological polar surface area (TPSA) is 164 Å². The van der Waals surface area contributed by atoms with Gasteiger partial charge in [-0.3, -0.25) is 0 Å². The Bertz CT molecular complexity index is 159. The highest BCUT2D eigenvalue weighted by Crippen LogP contribution is 0.877. The van der Waals surface area contributed by atoms with E-state index in [0.29, 0.717) is 0 Å². The maximum Gasteiger partial charge on any atom is 0.231 e. The van der Waals surface area contributed by atoms with Crippen LogP contribution >= 0.6 is 0 Å². The molecular formula is C11H32N4O4. The third kappa shape index (κ3) is 461. The lowest BCUT2D eigenvalue weighted by Gasteiger charge is -1.02. The second-order valence-corrected chi connectivity index (χ2v) is 0.408. The largest absolute Gasteiger partial charge is 0.231 e. The van der Waals surface area contributed by atoms with Crippen LogP contribution in [0.4, 0.5) is 0 Å². The van der Waals surface area contributed by atoms with Crippen LogP contribution in [-0.2, 0) is 19.2 Å². The van der Waals surface area contributed by atoms with E-state index in [-0.39, 0.29) is 52.0 Å². The van der Waals surface area contributed by atoms with Gasteiger partial charge in [0.2, 0.25) is 24.3 Å². The summed E-state index contributed by atoms with van der Waals surface area (Å²) in [6.45, 7) is 0. The first kappa shape index (κ1) is 131. The van der Waals surface area contributed by atoms with E-state index in [2.05, 4.69) is 0 Å². The minimum atomic E-state index is 0. The number of nitrogens with one attached hydrogen (secondary N) is 4. The quantitative estimate of drug-likeness (QED) is 0.389. The van der Waals surface area contributed by atoms with Crippen molar-refractivity contribution in [3.63, 3.8) is 0 Å². The van der Waals surface area contributed by atoms with Crippen LogP contribution in [-0.4, -0.2) is 24.3 Å². The Labute approximate surface area is 118 Å². The molecule has 0 aliphatic rings. The second kappa shape index (κ2) is 1420. The highest BCUT2D eigenvalue weighted by molar-refractivity contribution is 5.26. The zero-order valence-corrected chi connectivity index (χ0v) is 5.63. The van der Waals surface area contributed by atoms with Crippen LogP contribution < -0.4 is 0 Å². The lowest BCUT2D eigenvalue weighted by atomic mass is 11.7. The standard InChI is InChI=1S/4CHNO.7CH4/c4*2-1-3;;;;;;;/h4*2H;7*1H4. The Kier molecular flexibility index (Phi) is 9730. The Hall–Kier alpha value is -2.48. The fourth-order valence-electron chi connectivity index (χ4n) is 0. The first-order chi connectivity index (χ1) is 5.66. The molecule has 0 atom stereocenters. The van der Waals surface area contributed by atoms with Crippen LogP contribution in [0.2, 0.25) is 0 Å². The molecule has 0 saturated carbocycles. The average Bonchev–Trinajstić information content (AvgIpc) is 1.92. The molecule has 0 rings (SSSR count). The molecule has 0 aromatic heterocycles. The maximum absolute atomic E-state index is 8.35. The monoisotopic (exact) mass is 284 g/mol. The zero-order valence-electron chi connectivity index (χ0n) is 5.63. The molecule has 0 unspecified atom stereocenters. The molecule has 0 amide bonds. The molecule has 0 heterocycles. The fraction of sp³-hybridized carbons (Fsp3) is 0.636. The van der Waals surface area contributed by atoms with Crippen LogP contribution in [0.5, 0.6) is 0 Å². The first-order valence-corrected chi connectivity index (χ1v) is 1.82. The van der Waals surface area contributed by atoms with E-state index in [9.17, 15) is 0 Å².